The van der Waals surface area contributed by atoms with Gasteiger partial charge in [0.05, 0.1) is 28.2 Å². The monoisotopic (exact) mass is 725 g/mol. The number of hydrogen-bond donors (Lipinski definition) is 0. The molecule has 5 heteroatoms. The zero-order chi connectivity index (χ0) is 37.2. The van der Waals surface area contributed by atoms with Crippen LogP contribution in [-0.2, 0) is 5.41 Å². The Kier molecular flexibility index (Phi) is 6.04. The van der Waals surface area contributed by atoms with Gasteiger partial charge in [0.25, 0.3) is 0 Å². The summed E-state index contributed by atoms with van der Waals surface area (Å²) in [6.45, 7) is 0. The fourth-order valence-corrected chi connectivity index (χ4v) is 10.4. The Bertz CT molecular complexity index is 3360. The van der Waals surface area contributed by atoms with Crippen LogP contribution in [0.15, 0.2) is 189 Å². The van der Waals surface area contributed by atoms with Crippen LogP contribution in [0.1, 0.15) is 22.3 Å². The van der Waals surface area contributed by atoms with Crippen LogP contribution in [0.2, 0.25) is 0 Å². The van der Waals surface area contributed by atoms with E-state index in [1.165, 1.54) is 66.3 Å². The molecular weight excluding hydrogens is 695 g/mol. The van der Waals surface area contributed by atoms with E-state index in [9.17, 15) is 0 Å². The molecule has 0 aliphatic heterocycles. The lowest BCUT2D eigenvalue weighted by Crippen LogP contribution is -2.25. The molecule has 13 rings (SSSR count). The minimum atomic E-state index is -0.435. The van der Waals surface area contributed by atoms with Crippen molar-refractivity contribution in [2.24, 2.45) is 0 Å². The second-order valence-electron chi connectivity index (χ2n) is 15.2. The van der Waals surface area contributed by atoms with Crippen LogP contribution in [0.3, 0.4) is 0 Å². The molecule has 0 amide bonds. The molecule has 0 saturated carbocycles. The molecule has 2 aliphatic rings. The van der Waals surface area contributed by atoms with Gasteiger partial charge in [-0.3, -0.25) is 14.5 Å². The summed E-state index contributed by atoms with van der Waals surface area (Å²) in [4.78, 5) is 13.9. The number of hydrogen-bond acceptors (Lipinski definition) is 3. The van der Waals surface area contributed by atoms with Crippen molar-refractivity contribution < 1.29 is 0 Å². The highest BCUT2D eigenvalue weighted by Crippen LogP contribution is 2.64. The van der Waals surface area contributed by atoms with Crippen molar-refractivity contribution in [2.45, 2.75) is 5.41 Å². The Balaban J connectivity index is 0.962. The maximum atomic E-state index is 4.76. The summed E-state index contributed by atoms with van der Waals surface area (Å²) in [5, 5.41) is 4.80. The van der Waals surface area contributed by atoms with Gasteiger partial charge in [-0.2, -0.15) is 0 Å². The first-order valence-electron chi connectivity index (χ1n) is 19.4. The van der Waals surface area contributed by atoms with Crippen molar-refractivity contribution in [3.63, 3.8) is 0 Å². The summed E-state index contributed by atoms with van der Waals surface area (Å²) in [5.74, 6) is 0. The van der Waals surface area contributed by atoms with Crippen LogP contribution >= 0.6 is 0 Å². The van der Waals surface area contributed by atoms with Crippen LogP contribution in [0.5, 0.6) is 0 Å². The quantitative estimate of drug-likeness (QED) is 0.182. The molecule has 6 aromatic carbocycles. The summed E-state index contributed by atoms with van der Waals surface area (Å²) < 4.78 is 4.63. The van der Waals surface area contributed by atoms with Gasteiger partial charge in [0.1, 0.15) is 5.65 Å². The van der Waals surface area contributed by atoms with E-state index in [0.717, 1.165) is 44.4 Å². The maximum absolute atomic E-state index is 4.76. The van der Waals surface area contributed by atoms with Gasteiger partial charge in [0.15, 0.2) is 0 Å². The third kappa shape index (κ3) is 3.90. The largest absolute Gasteiger partial charge is 0.309 e. The highest BCUT2D eigenvalue weighted by Gasteiger charge is 2.52. The van der Waals surface area contributed by atoms with Crippen LogP contribution in [-0.4, -0.2) is 24.1 Å². The van der Waals surface area contributed by atoms with Gasteiger partial charge >= 0.3 is 0 Å². The Morgan fingerprint density at radius 3 is 1.81 bits per heavy atom. The first-order chi connectivity index (χ1) is 28.3. The molecule has 5 nitrogen and oxygen atoms in total. The molecule has 0 saturated heterocycles. The smallest absolute Gasteiger partial charge is 0.145 e. The third-order valence-electron chi connectivity index (χ3n) is 12.6. The molecule has 0 bridgehead atoms. The van der Waals surface area contributed by atoms with Gasteiger partial charge in [0, 0.05) is 57.7 Å². The zero-order valence-electron chi connectivity index (χ0n) is 30.6. The molecule has 5 aromatic heterocycles. The highest BCUT2D eigenvalue weighted by atomic mass is 15.0. The molecule has 1 spiro atoms. The average Bonchev–Trinajstić information content (AvgIpc) is 3.99. The lowest BCUT2D eigenvalue weighted by molar-refractivity contribution is 0.789. The number of benzene rings is 6. The number of fused-ring (bicyclic) bond motifs is 17. The first-order valence-corrected chi connectivity index (χ1v) is 19.4. The molecule has 0 unspecified atom stereocenters. The molecule has 0 N–H and O–H groups in total. The third-order valence-corrected chi connectivity index (χ3v) is 12.6. The average molecular weight is 726 g/mol. The second-order valence-corrected chi connectivity index (χ2v) is 15.2. The predicted octanol–water partition coefficient (Wildman–Crippen LogP) is 12.1. The van der Waals surface area contributed by atoms with Gasteiger partial charge in [-0.05, 0) is 116 Å². The number of nitrogens with zero attached hydrogens (tertiary/aromatic N) is 5. The highest BCUT2D eigenvalue weighted by molar-refractivity contribution is 6.19. The van der Waals surface area contributed by atoms with E-state index in [0.29, 0.717) is 0 Å². The Morgan fingerprint density at radius 2 is 1.04 bits per heavy atom. The van der Waals surface area contributed by atoms with E-state index in [2.05, 4.69) is 172 Å². The van der Waals surface area contributed by atoms with Crippen LogP contribution < -0.4 is 0 Å². The summed E-state index contributed by atoms with van der Waals surface area (Å²) >= 11 is 0. The second kappa shape index (κ2) is 11.2. The van der Waals surface area contributed by atoms with E-state index >= 15 is 0 Å². The zero-order valence-corrected chi connectivity index (χ0v) is 30.6. The standard InChI is InChI=1S/C52H31N5/c1-4-12-42-36(8-1)37-9-2-5-13-43(37)52(42)44-23-24-47-50(49(44)40-26-29-53-30-45(40)52)41-10-3-6-14-46(41)56(47)34-19-15-32(16-20-34)33-17-21-35(22-18-33)57-48-31-54-28-25-38(48)39-11-7-27-55-51(39)57/h1-31H. The summed E-state index contributed by atoms with van der Waals surface area (Å²) in [5.41, 5.74) is 18.8. The molecule has 11 aromatic rings. The van der Waals surface area contributed by atoms with Crippen molar-refractivity contribution in [2.75, 3.05) is 0 Å². The van der Waals surface area contributed by atoms with E-state index in [1.807, 2.05) is 30.9 Å². The molecule has 0 fully saturated rings. The van der Waals surface area contributed by atoms with Gasteiger partial charge in [0.2, 0.25) is 0 Å². The van der Waals surface area contributed by atoms with E-state index in [1.54, 1.807) is 0 Å². The number of para-hydroxylation sites is 1. The van der Waals surface area contributed by atoms with Crippen LogP contribution in [0.4, 0.5) is 0 Å². The van der Waals surface area contributed by atoms with Gasteiger partial charge < -0.3 is 4.57 Å². The van der Waals surface area contributed by atoms with Crippen molar-refractivity contribution in [1.29, 1.82) is 0 Å². The molecule has 264 valence electrons. The summed E-state index contributed by atoms with van der Waals surface area (Å²) in [6.07, 6.45) is 9.69. The van der Waals surface area contributed by atoms with Crippen LogP contribution in [0.25, 0.3) is 88.5 Å². The Hall–Kier alpha value is -7.63. The fourth-order valence-electron chi connectivity index (χ4n) is 10.4. The van der Waals surface area contributed by atoms with Crippen molar-refractivity contribution >= 4 is 43.7 Å². The Morgan fingerprint density at radius 1 is 0.386 bits per heavy atom. The number of rotatable bonds is 3. The van der Waals surface area contributed by atoms with E-state index in [-0.39, 0.29) is 0 Å². The van der Waals surface area contributed by atoms with Crippen molar-refractivity contribution in [3.8, 4) is 44.8 Å². The number of pyridine rings is 3. The first kappa shape index (κ1) is 30.7. The van der Waals surface area contributed by atoms with Gasteiger partial charge in [-0.1, -0.05) is 97.1 Å². The summed E-state index contributed by atoms with van der Waals surface area (Å²) in [6, 6.07) is 57.7. The lowest BCUT2D eigenvalue weighted by Gasteiger charge is -2.30. The molecular formula is C52H31N5. The molecule has 0 radical (unpaired) electrons. The summed E-state index contributed by atoms with van der Waals surface area (Å²) in [7, 11) is 0. The molecule has 0 atom stereocenters. The van der Waals surface area contributed by atoms with E-state index < -0.39 is 5.41 Å². The lowest BCUT2D eigenvalue weighted by atomic mass is 9.71. The topological polar surface area (TPSA) is 48.5 Å². The van der Waals surface area contributed by atoms with Gasteiger partial charge in [-0.15, -0.1) is 0 Å². The van der Waals surface area contributed by atoms with Crippen molar-refractivity contribution in [1.82, 2.24) is 24.1 Å². The molecule has 5 heterocycles. The molecule has 2 aliphatic carbocycles. The Labute approximate surface area is 327 Å². The normalized spacial score (nSPS) is 13.4. The minimum Gasteiger partial charge on any atom is -0.309 e. The molecule has 57 heavy (non-hydrogen) atoms. The van der Waals surface area contributed by atoms with E-state index in [4.69, 9.17) is 9.97 Å². The van der Waals surface area contributed by atoms with Crippen molar-refractivity contribution in [3.05, 3.63) is 211 Å². The SMILES string of the molecule is c1ccc2c(c1)-c1ccccc1C21c2cnccc2-c2c1ccc1c2c2ccccc2n1-c1ccc(-c2ccc(-n3c4cnccc4c4cccnc43)cc2)cc1. The van der Waals surface area contributed by atoms with Crippen LogP contribution in [0, 0.1) is 0 Å². The van der Waals surface area contributed by atoms with Gasteiger partial charge in [-0.25, -0.2) is 4.98 Å². The maximum Gasteiger partial charge on any atom is 0.145 e. The number of aromatic nitrogens is 5. The predicted molar refractivity (Wildman–Crippen MR) is 230 cm³/mol. The fraction of sp³-hybridized carbons (Fsp3) is 0.0192. The minimum absolute atomic E-state index is 0.435.